The first kappa shape index (κ1) is 20.1. The Kier molecular flexibility index (Phi) is 6.48. The summed E-state index contributed by atoms with van der Waals surface area (Å²) in [6.07, 6.45) is 0. The molecule has 0 fully saturated rings. The summed E-state index contributed by atoms with van der Waals surface area (Å²) in [5, 5.41) is 9.04. The molecule has 2 heterocycles. The molecule has 1 amide bonds. The van der Waals surface area contributed by atoms with Crippen molar-refractivity contribution < 1.29 is 14.3 Å². The van der Waals surface area contributed by atoms with Crippen LogP contribution in [0.1, 0.15) is 13.0 Å². The number of ether oxygens (including phenoxy) is 2. The van der Waals surface area contributed by atoms with Gasteiger partial charge in [-0.25, -0.2) is 0 Å². The van der Waals surface area contributed by atoms with Crippen molar-refractivity contribution in [1.29, 1.82) is 0 Å². The molecule has 1 unspecified atom stereocenters. The molecule has 3 aromatic rings. The van der Waals surface area contributed by atoms with Crippen LogP contribution in [0.25, 0.3) is 10.7 Å². The van der Waals surface area contributed by atoms with E-state index in [2.05, 4.69) is 10.2 Å². The van der Waals surface area contributed by atoms with Gasteiger partial charge in [-0.05, 0) is 54.9 Å². The van der Waals surface area contributed by atoms with Gasteiger partial charge in [-0.15, -0.1) is 11.3 Å². The van der Waals surface area contributed by atoms with Crippen LogP contribution in [0.3, 0.4) is 0 Å². The number of benzene rings is 1. The second-order valence-electron chi connectivity index (χ2n) is 6.16. The second kappa shape index (κ2) is 9.03. The zero-order valence-corrected chi connectivity index (χ0v) is 17.5. The molecule has 0 spiro atoms. The summed E-state index contributed by atoms with van der Waals surface area (Å²) in [7, 11) is 3.37. The predicted octanol–water partition coefficient (Wildman–Crippen LogP) is 3.78. The second-order valence-corrected chi connectivity index (χ2v) is 7.49. The molecule has 0 saturated carbocycles. The van der Waals surface area contributed by atoms with Crippen molar-refractivity contribution in [3.05, 3.63) is 46.5 Å². The van der Waals surface area contributed by atoms with Crippen LogP contribution in [-0.4, -0.2) is 52.9 Å². The van der Waals surface area contributed by atoms with E-state index in [0.717, 1.165) is 16.4 Å². The number of nitrogens with zero attached hydrogens (tertiary/aromatic N) is 3. The Balaban J connectivity index is 1.62. The Morgan fingerprint density at radius 1 is 1.32 bits per heavy atom. The van der Waals surface area contributed by atoms with Gasteiger partial charge in [-0.1, -0.05) is 6.07 Å². The fourth-order valence-corrected chi connectivity index (χ4v) is 3.76. The fraction of sp³-hybridized carbons (Fsp3) is 0.316. The number of amides is 1. The lowest BCUT2D eigenvalue weighted by atomic mass is 10.2. The summed E-state index contributed by atoms with van der Waals surface area (Å²) in [6, 6.07) is 10.8. The van der Waals surface area contributed by atoms with Gasteiger partial charge in [-0.3, -0.25) is 14.5 Å². The number of carbonyl (C=O) groups excluding carboxylic acids is 1. The van der Waals surface area contributed by atoms with E-state index in [1.807, 2.05) is 48.7 Å². The largest absolute Gasteiger partial charge is 0.497 e. The summed E-state index contributed by atoms with van der Waals surface area (Å²) < 4.78 is 13.0. The molecular formula is C19H22N4O3S2. The number of nitrogens with one attached hydrogen (secondary N) is 1. The van der Waals surface area contributed by atoms with Gasteiger partial charge in [0.25, 0.3) is 0 Å². The smallest absolute Gasteiger partial charge is 0.245 e. The minimum atomic E-state index is -0.477. The first-order valence-electron chi connectivity index (χ1n) is 8.74. The molecule has 0 aliphatic heterocycles. The molecule has 0 aliphatic rings. The molecule has 1 N–H and O–H groups in total. The van der Waals surface area contributed by atoms with Gasteiger partial charge in [0, 0.05) is 7.05 Å². The van der Waals surface area contributed by atoms with Crippen LogP contribution in [0, 0.1) is 4.77 Å². The average Bonchev–Trinajstić information content (AvgIpc) is 3.36. The van der Waals surface area contributed by atoms with Crippen LogP contribution in [0.4, 0.5) is 0 Å². The number of methoxy groups -OCH3 is 1. The highest BCUT2D eigenvalue weighted by atomic mass is 32.1. The lowest BCUT2D eigenvalue weighted by molar-refractivity contribution is -0.133. The first-order valence-corrected chi connectivity index (χ1v) is 10.0. The third-order valence-corrected chi connectivity index (χ3v) is 5.48. The summed E-state index contributed by atoms with van der Waals surface area (Å²) in [5.74, 6) is 2.11. The summed E-state index contributed by atoms with van der Waals surface area (Å²) in [6.45, 7) is 2.66. The van der Waals surface area contributed by atoms with Gasteiger partial charge in [0.15, 0.2) is 10.6 Å². The van der Waals surface area contributed by atoms with Gasteiger partial charge in [0.2, 0.25) is 5.91 Å². The molecule has 28 heavy (non-hydrogen) atoms. The maximum Gasteiger partial charge on any atom is 0.245 e. The molecule has 7 nitrogen and oxygen atoms in total. The molecule has 1 aromatic carbocycles. The van der Waals surface area contributed by atoms with Gasteiger partial charge < -0.3 is 14.4 Å². The summed E-state index contributed by atoms with van der Waals surface area (Å²) in [4.78, 5) is 15.5. The molecule has 1 atom stereocenters. The molecule has 9 heteroatoms. The van der Waals surface area contributed by atoms with Crippen molar-refractivity contribution in [3.63, 3.8) is 0 Å². The summed E-state index contributed by atoms with van der Waals surface area (Å²) >= 11 is 6.90. The van der Waals surface area contributed by atoms with E-state index in [0.29, 0.717) is 23.7 Å². The third kappa shape index (κ3) is 4.42. The van der Waals surface area contributed by atoms with E-state index < -0.39 is 6.04 Å². The van der Waals surface area contributed by atoms with Crippen molar-refractivity contribution in [1.82, 2.24) is 19.7 Å². The van der Waals surface area contributed by atoms with Gasteiger partial charge in [0.05, 0.1) is 18.5 Å². The number of likely N-dealkylation sites (N-methyl/N-ethyl adjacent to an activating group) is 1. The number of rotatable bonds is 8. The number of carbonyl (C=O) groups is 1. The molecule has 0 bridgehead atoms. The Morgan fingerprint density at radius 3 is 2.68 bits per heavy atom. The average molecular weight is 419 g/mol. The highest BCUT2D eigenvalue weighted by molar-refractivity contribution is 7.71. The van der Waals surface area contributed by atoms with E-state index >= 15 is 0 Å². The highest BCUT2D eigenvalue weighted by Gasteiger charge is 2.24. The van der Waals surface area contributed by atoms with Crippen LogP contribution in [0.2, 0.25) is 0 Å². The monoisotopic (exact) mass is 418 g/mol. The zero-order valence-electron chi connectivity index (χ0n) is 15.9. The molecule has 3 rings (SSSR count). The van der Waals surface area contributed by atoms with Gasteiger partial charge in [-0.2, -0.15) is 5.10 Å². The van der Waals surface area contributed by atoms with Crippen molar-refractivity contribution in [2.45, 2.75) is 13.0 Å². The van der Waals surface area contributed by atoms with Crippen LogP contribution >= 0.6 is 23.6 Å². The van der Waals surface area contributed by atoms with E-state index in [1.165, 1.54) is 0 Å². The molecule has 2 aromatic heterocycles. The Bertz CT molecular complexity index is 964. The van der Waals surface area contributed by atoms with E-state index in [-0.39, 0.29) is 5.91 Å². The topological polar surface area (TPSA) is 72.4 Å². The molecule has 148 valence electrons. The van der Waals surface area contributed by atoms with Crippen LogP contribution in [0.15, 0.2) is 41.8 Å². The number of H-pyrrole nitrogens is 1. The predicted molar refractivity (Wildman–Crippen MR) is 112 cm³/mol. The Morgan fingerprint density at radius 2 is 2.04 bits per heavy atom. The SMILES string of the molecule is COc1ccc(OCCN(C)C(=O)C(C)n2c(-c3cccs3)n[nH]c2=S)cc1. The number of hydrogen-bond acceptors (Lipinski definition) is 6. The van der Waals surface area contributed by atoms with Crippen molar-refractivity contribution >= 4 is 29.5 Å². The van der Waals surface area contributed by atoms with Crippen LogP contribution < -0.4 is 9.47 Å². The normalized spacial score (nSPS) is 11.8. The minimum absolute atomic E-state index is 0.0614. The number of hydrogen-bond donors (Lipinski definition) is 1. The van der Waals surface area contributed by atoms with Crippen molar-refractivity contribution in [3.8, 4) is 22.2 Å². The molecule has 0 aliphatic carbocycles. The van der Waals surface area contributed by atoms with Crippen molar-refractivity contribution in [2.24, 2.45) is 0 Å². The zero-order chi connectivity index (χ0) is 20.1. The highest BCUT2D eigenvalue weighted by Crippen LogP contribution is 2.26. The van der Waals surface area contributed by atoms with E-state index in [9.17, 15) is 4.79 Å². The van der Waals surface area contributed by atoms with Crippen LogP contribution in [0.5, 0.6) is 11.5 Å². The van der Waals surface area contributed by atoms with Gasteiger partial charge >= 0.3 is 0 Å². The minimum Gasteiger partial charge on any atom is -0.497 e. The first-order chi connectivity index (χ1) is 13.5. The lowest BCUT2D eigenvalue weighted by Gasteiger charge is -2.23. The number of thiophene rings is 1. The molecule has 0 radical (unpaired) electrons. The molecular weight excluding hydrogens is 396 g/mol. The standard InChI is InChI=1S/C19H22N4O3S2/c1-13(23-17(20-21-19(23)27)16-5-4-12-28-16)18(24)22(2)10-11-26-15-8-6-14(25-3)7-9-15/h4-9,12-13H,10-11H2,1-3H3,(H,21,27). The Labute approximate surface area is 172 Å². The maximum atomic E-state index is 12.9. The van der Waals surface area contributed by atoms with Crippen LogP contribution in [-0.2, 0) is 4.79 Å². The quantitative estimate of drug-likeness (QED) is 0.564. The number of aromatic amines is 1. The van der Waals surface area contributed by atoms with E-state index in [4.69, 9.17) is 21.7 Å². The van der Waals surface area contributed by atoms with E-state index in [1.54, 1.807) is 35.0 Å². The Hall–Kier alpha value is -2.65. The summed E-state index contributed by atoms with van der Waals surface area (Å²) in [5.41, 5.74) is 0. The number of aromatic nitrogens is 3. The lowest BCUT2D eigenvalue weighted by Crippen LogP contribution is -2.36. The fourth-order valence-electron chi connectivity index (χ4n) is 2.76. The van der Waals surface area contributed by atoms with Crippen molar-refractivity contribution in [2.75, 3.05) is 27.3 Å². The molecule has 0 saturated heterocycles. The third-order valence-electron chi connectivity index (χ3n) is 4.32. The van der Waals surface area contributed by atoms with Gasteiger partial charge in [0.1, 0.15) is 24.1 Å². The maximum absolute atomic E-state index is 12.9.